The first-order valence-electron chi connectivity index (χ1n) is 9.26. The summed E-state index contributed by atoms with van der Waals surface area (Å²) >= 11 is 5.22. The average molecular weight is 384 g/mol. The van der Waals surface area contributed by atoms with Crippen LogP contribution in [0.15, 0.2) is 60.7 Å². The predicted octanol–water partition coefficient (Wildman–Crippen LogP) is 2.88. The fourth-order valence-corrected chi connectivity index (χ4v) is 3.35. The molecule has 3 rings (SSSR count). The summed E-state index contributed by atoms with van der Waals surface area (Å²) in [7, 11) is 0. The Morgan fingerprint density at radius 1 is 1.04 bits per heavy atom. The Labute approximate surface area is 165 Å². The molecule has 1 saturated heterocycles. The summed E-state index contributed by atoms with van der Waals surface area (Å²) in [6.07, 6.45) is 2.65. The fraction of sp³-hybridized carbons (Fsp3) is 0.333. The van der Waals surface area contributed by atoms with E-state index in [1.54, 1.807) is 0 Å². The third kappa shape index (κ3) is 6.05. The van der Waals surface area contributed by atoms with Gasteiger partial charge in [0.05, 0.1) is 6.10 Å². The van der Waals surface area contributed by atoms with Crippen molar-refractivity contribution in [1.29, 1.82) is 0 Å². The molecular formula is C21H25N3O2S. The quantitative estimate of drug-likeness (QED) is 0.529. The molecule has 142 valence electrons. The van der Waals surface area contributed by atoms with Crippen LogP contribution in [-0.2, 0) is 9.53 Å². The SMILES string of the molecule is O=C(CC(c1ccccc1)c1ccccc1)NNC(=S)NCC1CCCO1. The minimum Gasteiger partial charge on any atom is -0.376 e. The molecule has 2 aromatic carbocycles. The lowest BCUT2D eigenvalue weighted by atomic mass is 9.88. The molecule has 1 aliphatic rings. The summed E-state index contributed by atoms with van der Waals surface area (Å²) in [5.41, 5.74) is 7.69. The zero-order valence-electron chi connectivity index (χ0n) is 15.2. The van der Waals surface area contributed by atoms with Gasteiger partial charge in [0, 0.05) is 25.5 Å². The van der Waals surface area contributed by atoms with Crippen molar-refractivity contribution in [2.24, 2.45) is 0 Å². The number of thiocarbonyl (C=S) groups is 1. The average Bonchev–Trinajstić information content (AvgIpc) is 3.24. The number of amides is 1. The second-order valence-electron chi connectivity index (χ2n) is 6.60. The molecule has 0 saturated carbocycles. The molecule has 0 aliphatic carbocycles. The number of nitrogens with one attached hydrogen (secondary N) is 3. The summed E-state index contributed by atoms with van der Waals surface area (Å²) in [5.74, 6) is -0.128. The molecule has 1 aliphatic heterocycles. The van der Waals surface area contributed by atoms with Crippen LogP contribution in [0.25, 0.3) is 0 Å². The number of hydrogen-bond donors (Lipinski definition) is 3. The Kier molecular flexibility index (Phi) is 7.19. The molecule has 0 radical (unpaired) electrons. The second kappa shape index (κ2) is 10.0. The van der Waals surface area contributed by atoms with E-state index < -0.39 is 0 Å². The van der Waals surface area contributed by atoms with E-state index in [-0.39, 0.29) is 17.9 Å². The van der Waals surface area contributed by atoms with Gasteiger partial charge in [0.25, 0.3) is 0 Å². The molecule has 0 spiro atoms. The highest BCUT2D eigenvalue weighted by molar-refractivity contribution is 7.80. The molecule has 27 heavy (non-hydrogen) atoms. The Bertz CT molecular complexity index is 694. The summed E-state index contributed by atoms with van der Waals surface area (Å²) in [6.45, 7) is 1.46. The molecule has 3 N–H and O–H groups in total. The molecule has 1 heterocycles. The van der Waals surface area contributed by atoms with Crippen LogP contribution in [0.3, 0.4) is 0 Å². The van der Waals surface area contributed by atoms with Gasteiger partial charge in [-0.2, -0.15) is 0 Å². The van der Waals surface area contributed by atoms with Gasteiger partial charge in [0.2, 0.25) is 5.91 Å². The second-order valence-corrected chi connectivity index (χ2v) is 7.00. The number of carbonyl (C=O) groups excluding carboxylic acids is 1. The molecule has 6 heteroatoms. The van der Waals surface area contributed by atoms with Gasteiger partial charge in [-0.15, -0.1) is 0 Å². The molecular weight excluding hydrogens is 358 g/mol. The van der Waals surface area contributed by atoms with Gasteiger partial charge in [-0.25, -0.2) is 0 Å². The highest BCUT2D eigenvalue weighted by Gasteiger charge is 2.18. The van der Waals surface area contributed by atoms with Crippen LogP contribution in [0.5, 0.6) is 0 Å². The topological polar surface area (TPSA) is 62.4 Å². The molecule has 1 amide bonds. The Morgan fingerprint density at radius 3 is 2.22 bits per heavy atom. The minimum atomic E-state index is -0.117. The number of ether oxygens (including phenoxy) is 1. The van der Waals surface area contributed by atoms with E-state index in [2.05, 4.69) is 16.2 Å². The smallest absolute Gasteiger partial charge is 0.239 e. The van der Waals surface area contributed by atoms with Crippen molar-refractivity contribution in [3.8, 4) is 0 Å². The van der Waals surface area contributed by atoms with Crippen LogP contribution >= 0.6 is 12.2 Å². The van der Waals surface area contributed by atoms with Crippen molar-refractivity contribution in [2.75, 3.05) is 13.2 Å². The van der Waals surface area contributed by atoms with E-state index in [4.69, 9.17) is 17.0 Å². The highest BCUT2D eigenvalue weighted by atomic mass is 32.1. The maximum atomic E-state index is 12.5. The van der Waals surface area contributed by atoms with Crippen molar-refractivity contribution >= 4 is 23.2 Å². The summed E-state index contributed by atoms with van der Waals surface area (Å²) in [6, 6.07) is 20.1. The lowest BCUT2D eigenvalue weighted by molar-refractivity contribution is -0.121. The van der Waals surface area contributed by atoms with Gasteiger partial charge < -0.3 is 10.1 Å². The van der Waals surface area contributed by atoms with Gasteiger partial charge in [-0.05, 0) is 36.2 Å². The number of carbonyl (C=O) groups is 1. The lowest BCUT2D eigenvalue weighted by Crippen LogP contribution is -2.48. The fourth-order valence-electron chi connectivity index (χ4n) is 3.22. The van der Waals surface area contributed by atoms with E-state index in [1.807, 2.05) is 60.7 Å². The molecule has 1 unspecified atom stereocenters. The standard InChI is InChI=1S/C21H25N3O2S/c25-20(23-24-21(27)22-15-18-12-7-13-26-18)14-19(16-8-3-1-4-9-16)17-10-5-2-6-11-17/h1-6,8-11,18-19H,7,12-15H2,(H,23,25)(H2,22,24,27). The Morgan fingerprint density at radius 2 is 1.67 bits per heavy atom. The van der Waals surface area contributed by atoms with Gasteiger partial charge >= 0.3 is 0 Å². The molecule has 0 aromatic heterocycles. The van der Waals surface area contributed by atoms with Crippen molar-refractivity contribution in [1.82, 2.24) is 16.2 Å². The number of hydrogen-bond acceptors (Lipinski definition) is 3. The first-order chi connectivity index (χ1) is 13.2. The zero-order valence-corrected chi connectivity index (χ0v) is 16.0. The predicted molar refractivity (Wildman–Crippen MR) is 110 cm³/mol. The number of rotatable bonds is 6. The van der Waals surface area contributed by atoms with Gasteiger partial charge in [-0.3, -0.25) is 15.6 Å². The monoisotopic (exact) mass is 383 g/mol. The van der Waals surface area contributed by atoms with E-state index in [0.29, 0.717) is 18.1 Å². The van der Waals surface area contributed by atoms with Crippen molar-refractivity contribution in [3.05, 3.63) is 71.8 Å². The third-order valence-electron chi connectivity index (χ3n) is 4.62. The van der Waals surface area contributed by atoms with Crippen molar-refractivity contribution in [3.63, 3.8) is 0 Å². The van der Waals surface area contributed by atoms with E-state index in [9.17, 15) is 4.79 Å². The van der Waals surface area contributed by atoms with Crippen molar-refractivity contribution in [2.45, 2.75) is 31.3 Å². The van der Waals surface area contributed by atoms with E-state index in [1.165, 1.54) is 0 Å². The van der Waals surface area contributed by atoms with Crippen molar-refractivity contribution < 1.29 is 9.53 Å². The Hall–Kier alpha value is -2.44. The summed E-state index contributed by atoms with van der Waals surface area (Å²) in [5, 5.41) is 3.48. The van der Waals surface area contributed by atoms with E-state index in [0.717, 1.165) is 30.6 Å². The number of benzene rings is 2. The lowest BCUT2D eigenvalue weighted by Gasteiger charge is -2.19. The van der Waals surface area contributed by atoms with Crippen LogP contribution in [0, 0.1) is 0 Å². The summed E-state index contributed by atoms with van der Waals surface area (Å²) in [4.78, 5) is 12.5. The van der Waals surface area contributed by atoms with E-state index >= 15 is 0 Å². The van der Waals surface area contributed by atoms with Gasteiger partial charge in [0.15, 0.2) is 5.11 Å². The largest absolute Gasteiger partial charge is 0.376 e. The van der Waals surface area contributed by atoms with Crippen LogP contribution in [0.4, 0.5) is 0 Å². The highest BCUT2D eigenvalue weighted by Crippen LogP contribution is 2.27. The Balaban J connectivity index is 1.52. The minimum absolute atomic E-state index is 0.0115. The van der Waals surface area contributed by atoms with Crippen LogP contribution < -0.4 is 16.2 Å². The van der Waals surface area contributed by atoms with Crippen LogP contribution in [0.2, 0.25) is 0 Å². The molecule has 1 atom stereocenters. The number of hydrazine groups is 1. The van der Waals surface area contributed by atoms with Crippen LogP contribution in [-0.4, -0.2) is 30.3 Å². The van der Waals surface area contributed by atoms with Gasteiger partial charge in [-0.1, -0.05) is 60.7 Å². The normalized spacial score (nSPS) is 16.1. The molecule has 5 nitrogen and oxygen atoms in total. The molecule has 2 aromatic rings. The van der Waals surface area contributed by atoms with Crippen LogP contribution in [0.1, 0.15) is 36.3 Å². The first-order valence-corrected chi connectivity index (χ1v) is 9.67. The first kappa shape index (κ1) is 19.3. The molecule has 1 fully saturated rings. The molecule has 0 bridgehead atoms. The maximum Gasteiger partial charge on any atom is 0.239 e. The maximum absolute atomic E-state index is 12.5. The van der Waals surface area contributed by atoms with Gasteiger partial charge in [0.1, 0.15) is 0 Å². The zero-order chi connectivity index (χ0) is 18.9. The summed E-state index contributed by atoms with van der Waals surface area (Å²) < 4.78 is 5.54. The third-order valence-corrected chi connectivity index (χ3v) is 4.87.